The zero-order valence-corrected chi connectivity index (χ0v) is 13.7. The number of halogens is 2. The van der Waals surface area contributed by atoms with E-state index < -0.39 is 11.8 Å². The molecule has 0 atom stereocenters. The lowest BCUT2D eigenvalue weighted by atomic mass is 10.2. The van der Waals surface area contributed by atoms with E-state index in [1.165, 1.54) is 17.4 Å². The van der Waals surface area contributed by atoms with E-state index in [0.717, 1.165) is 14.8 Å². The fourth-order valence-electron chi connectivity index (χ4n) is 2.06. The van der Waals surface area contributed by atoms with Gasteiger partial charge in [-0.25, -0.2) is 5.01 Å². The second-order valence-corrected chi connectivity index (χ2v) is 6.85. The number of hydrogen-bond acceptors (Lipinski definition) is 3. The van der Waals surface area contributed by atoms with Crippen LogP contribution in [0.15, 0.2) is 35.9 Å². The van der Waals surface area contributed by atoms with Crippen LogP contribution in [0.1, 0.15) is 9.75 Å². The summed E-state index contributed by atoms with van der Waals surface area (Å²) < 4.78 is 0. The number of nitrogens with one attached hydrogen (secondary N) is 1. The van der Waals surface area contributed by atoms with Gasteiger partial charge in [0.15, 0.2) is 0 Å². The summed E-state index contributed by atoms with van der Waals surface area (Å²) in [5.41, 5.74) is 2.97. The average Bonchev–Trinajstić information content (AvgIpc) is 2.98. The van der Waals surface area contributed by atoms with Crippen molar-refractivity contribution in [3.05, 3.63) is 55.7 Å². The molecular weight excluding hydrogens is 343 g/mol. The largest absolute Gasteiger partial charge is 0.282 e. The third-order valence-electron chi connectivity index (χ3n) is 3.09. The summed E-state index contributed by atoms with van der Waals surface area (Å²) in [6, 6.07) is 8.50. The lowest BCUT2D eigenvalue weighted by Gasteiger charge is -2.16. The minimum absolute atomic E-state index is 0.0767. The topological polar surface area (TPSA) is 49.4 Å². The molecule has 2 amide bonds. The Morgan fingerprint density at radius 2 is 1.95 bits per heavy atom. The summed E-state index contributed by atoms with van der Waals surface area (Å²) in [6.45, 7) is 1.96. The van der Waals surface area contributed by atoms with Gasteiger partial charge in [0, 0.05) is 14.8 Å². The van der Waals surface area contributed by atoms with Crippen LogP contribution in [0.2, 0.25) is 10.0 Å². The van der Waals surface area contributed by atoms with E-state index in [1.807, 2.05) is 19.1 Å². The predicted molar refractivity (Wildman–Crippen MR) is 89.1 cm³/mol. The average molecular weight is 353 g/mol. The number of aryl methyl sites for hydroxylation is 1. The number of anilines is 1. The van der Waals surface area contributed by atoms with Crippen molar-refractivity contribution in [2.24, 2.45) is 0 Å². The van der Waals surface area contributed by atoms with Crippen LogP contribution in [-0.2, 0) is 9.59 Å². The smallest absolute Gasteiger partial charge is 0.267 e. The molecule has 0 aliphatic carbocycles. The number of carbonyl (C=O) groups is 2. The summed E-state index contributed by atoms with van der Waals surface area (Å²) in [7, 11) is 0. The lowest BCUT2D eigenvalue weighted by molar-refractivity contribution is -0.117. The summed E-state index contributed by atoms with van der Waals surface area (Å²) in [5.74, 6) is -0.901. The molecule has 1 N–H and O–H groups in total. The highest BCUT2D eigenvalue weighted by molar-refractivity contribution is 7.12. The highest BCUT2D eigenvalue weighted by Crippen LogP contribution is 2.31. The summed E-state index contributed by atoms with van der Waals surface area (Å²) in [4.78, 5) is 26.5. The second-order valence-electron chi connectivity index (χ2n) is 4.68. The number of benzene rings is 1. The van der Waals surface area contributed by atoms with Gasteiger partial charge < -0.3 is 0 Å². The van der Waals surface area contributed by atoms with Crippen molar-refractivity contribution < 1.29 is 9.59 Å². The first-order chi connectivity index (χ1) is 10.5. The number of rotatable bonds is 2. The molecule has 0 bridgehead atoms. The van der Waals surface area contributed by atoms with Gasteiger partial charge in [-0.05, 0) is 43.3 Å². The Bertz CT molecular complexity index is 814. The molecule has 1 fully saturated rings. The van der Waals surface area contributed by atoms with E-state index in [9.17, 15) is 9.59 Å². The van der Waals surface area contributed by atoms with Crippen molar-refractivity contribution in [3.8, 4) is 0 Å². The van der Waals surface area contributed by atoms with Crippen LogP contribution in [-0.4, -0.2) is 11.8 Å². The van der Waals surface area contributed by atoms with Gasteiger partial charge in [0.1, 0.15) is 5.57 Å². The van der Waals surface area contributed by atoms with E-state index in [4.69, 9.17) is 23.2 Å². The molecule has 112 valence electrons. The Kier molecular flexibility index (Phi) is 3.95. The molecule has 3 rings (SSSR count). The van der Waals surface area contributed by atoms with E-state index in [-0.39, 0.29) is 10.6 Å². The molecule has 0 saturated carbocycles. The van der Waals surface area contributed by atoms with Crippen LogP contribution < -0.4 is 10.4 Å². The normalized spacial score (nSPS) is 16.5. The van der Waals surface area contributed by atoms with Gasteiger partial charge in [-0.1, -0.05) is 23.2 Å². The van der Waals surface area contributed by atoms with Gasteiger partial charge in [-0.3, -0.25) is 15.0 Å². The zero-order valence-electron chi connectivity index (χ0n) is 11.4. The molecule has 7 heteroatoms. The van der Waals surface area contributed by atoms with E-state index in [1.54, 1.807) is 18.2 Å². The molecule has 0 spiro atoms. The third-order valence-corrected chi connectivity index (χ3v) is 4.58. The lowest BCUT2D eigenvalue weighted by Crippen LogP contribution is -2.35. The van der Waals surface area contributed by atoms with Crippen molar-refractivity contribution >= 4 is 58.1 Å². The van der Waals surface area contributed by atoms with Crippen LogP contribution in [0.5, 0.6) is 0 Å². The maximum absolute atomic E-state index is 12.5. The van der Waals surface area contributed by atoms with Crippen LogP contribution in [0, 0.1) is 6.92 Å². The summed E-state index contributed by atoms with van der Waals surface area (Å²) in [5, 5.41) is 1.87. The molecule has 1 aliphatic heterocycles. The molecule has 2 aromatic rings. The van der Waals surface area contributed by atoms with Crippen molar-refractivity contribution in [1.82, 2.24) is 5.43 Å². The molecule has 0 radical (unpaired) electrons. The summed E-state index contributed by atoms with van der Waals surface area (Å²) >= 11 is 13.4. The van der Waals surface area contributed by atoms with Crippen molar-refractivity contribution in [1.29, 1.82) is 0 Å². The van der Waals surface area contributed by atoms with E-state index >= 15 is 0 Å². The molecule has 1 aromatic heterocycles. The Morgan fingerprint density at radius 3 is 2.59 bits per heavy atom. The number of hydrazine groups is 1. The SMILES string of the molecule is Cc1ccc(/C=C2\C(=O)NN(c3ccc(Cl)cc3Cl)C2=O)s1. The third kappa shape index (κ3) is 2.75. The Balaban J connectivity index is 1.96. The molecule has 4 nitrogen and oxygen atoms in total. The van der Waals surface area contributed by atoms with Crippen molar-refractivity contribution in [2.75, 3.05) is 5.01 Å². The number of thiophene rings is 1. The van der Waals surface area contributed by atoms with E-state index in [2.05, 4.69) is 5.43 Å². The quantitative estimate of drug-likeness (QED) is 0.659. The van der Waals surface area contributed by atoms with Gasteiger partial charge in [-0.2, -0.15) is 0 Å². The molecule has 2 heterocycles. The Morgan fingerprint density at radius 1 is 1.18 bits per heavy atom. The first-order valence-corrected chi connectivity index (χ1v) is 7.91. The zero-order chi connectivity index (χ0) is 15.9. The highest BCUT2D eigenvalue weighted by atomic mass is 35.5. The van der Waals surface area contributed by atoms with E-state index in [0.29, 0.717) is 10.7 Å². The Labute approximate surface area is 140 Å². The van der Waals surface area contributed by atoms with Crippen LogP contribution in [0.4, 0.5) is 5.69 Å². The first kappa shape index (κ1) is 15.1. The highest BCUT2D eigenvalue weighted by Gasteiger charge is 2.35. The molecule has 1 saturated heterocycles. The monoisotopic (exact) mass is 352 g/mol. The van der Waals surface area contributed by atoms with Gasteiger partial charge in [0.25, 0.3) is 11.8 Å². The van der Waals surface area contributed by atoms with Gasteiger partial charge in [0.05, 0.1) is 10.7 Å². The minimum atomic E-state index is -0.456. The van der Waals surface area contributed by atoms with Gasteiger partial charge in [0.2, 0.25) is 0 Å². The molecule has 0 unspecified atom stereocenters. The maximum atomic E-state index is 12.5. The second kappa shape index (κ2) is 5.76. The molecule has 22 heavy (non-hydrogen) atoms. The van der Waals surface area contributed by atoms with Crippen LogP contribution >= 0.6 is 34.5 Å². The number of carbonyl (C=O) groups excluding carboxylic acids is 2. The standard InChI is InChI=1S/C15H10Cl2N2O2S/c1-8-2-4-10(22-8)7-11-14(20)18-19(15(11)21)13-5-3-9(16)6-12(13)17/h2-7H,1H3,(H,18,20)/b11-7+. The van der Waals surface area contributed by atoms with Gasteiger partial charge >= 0.3 is 0 Å². The fourth-order valence-corrected chi connectivity index (χ4v) is 3.38. The van der Waals surface area contributed by atoms with Crippen LogP contribution in [0.25, 0.3) is 6.08 Å². The minimum Gasteiger partial charge on any atom is -0.267 e. The molecule has 1 aromatic carbocycles. The predicted octanol–water partition coefficient (Wildman–Crippen LogP) is 3.82. The maximum Gasteiger partial charge on any atom is 0.282 e. The Hall–Kier alpha value is -1.82. The summed E-state index contributed by atoms with van der Waals surface area (Å²) in [6.07, 6.45) is 1.58. The number of hydrogen-bond donors (Lipinski definition) is 1. The molecule has 1 aliphatic rings. The van der Waals surface area contributed by atoms with Gasteiger partial charge in [-0.15, -0.1) is 11.3 Å². The van der Waals surface area contributed by atoms with Crippen molar-refractivity contribution in [2.45, 2.75) is 6.92 Å². The fraction of sp³-hybridized carbons (Fsp3) is 0.0667. The van der Waals surface area contributed by atoms with Crippen molar-refractivity contribution in [3.63, 3.8) is 0 Å². The number of amides is 2. The molecular formula is C15H10Cl2N2O2S. The van der Waals surface area contributed by atoms with Crippen LogP contribution in [0.3, 0.4) is 0 Å². The number of nitrogens with zero attached hydrogens (tertiary/aromatic N) is 1. The first-order valence-electron chi connectivity index (χ1n) is 6.34.